The minimum Gasteiger partial charge on any atom is -0.493 e. The first-order chi connectivity index (χ1) is 8.63. The molecule has 1 heterocycles. The molecule has 1 aromatic carbocycles. The second-order valence-corrected chi connectivity index (χ2v) is 3.99. The van der Waals surface area contributed by atoms with Crippen LogP contribution in [0.5, 0.6) is 5.75 Å². The summed E-state index contributed by atoms with van der Waals surface area (Å²) in [6.45, 7) is 0. The third-order valence-corrected chi connectivity index (χ3v) is 3.07. The lowest BCUT2D eigenvalue weighted by atomic mass is 10.1. The van der Waals surface area contributed by atoms with E-state index in [2.05, 4.69) is 4.98 Å². The number of methoxy groups -OCH3 is 2. The van der Waals surface area contributed by atoms with Gasteiger partial charge in [0.25, 0.3) is 0 Å². The van der Waals surface area contributed by atoms with Crippen LogP contribution in [0.4, 0.5) is 0 Å². The first-order valence-electron chi connectivity index (χ1n) is 5.30. The third kappa shape index (κ3) is 1.80. The maximum absolute atomic E-state index is 11.6. The molecule has 5 nitrogen and oxygen atoms in total. The van der Waals surface area contributed by atoms with Gasteiger partial charge in [-0.3, -0.25) is 0 Å². The monoisotopic (exact) mass is 268 g/mol. The Morgan fingerprint density at radius 2 is 2.17 bits per heavy atom. The van der Waals surface area contributed by atoms with Gasteiger partial charge in [-0.25, -0.2) is 9.78 Å². The largest absolute Gasteiger partial charge is 0.493 e. The molecule has 0 radical (unpaired) electrons. The molecule has 0 unspecified atom stereocenters. The zero-order valence-corrected chi connectivity index (χ0v) is 11.1. The van der Waals surface area contributed by atoms with Crippen LogP contribution in [-0.4, -0.2) is 29.7 Å². The molecule has 0 saturated heterocycles. The number of imidazole rings is 1. The van der Waals surface area contributed by atoms with Crippen LogP contribution in [-0.2, 0) is 17.7 Å². The fraction of sp³-hybridized carbons (Fsp3) is 0.333. The van der Waals surface area contributed by atoms with Crippen LogP contribution >= 0.6 is 11.6 Å². The Balaban J connectivity index is 2.75. The summed E-state index contributed by atoms with van der Waals surface area (Å²) in [7, 11) is 4.69. The minimum absolute atomic E-state index is 0.294. The van der Waals surface area contributed by atoms with Gasteiger partial charge >= 0.3 is 5.97 Å². The van der Waals surface area contributed by atoms with Crippen LogP contribution in [0, 0.1) is 0 Å². The zero-order chi connectivity index (χ0) is 13.3. The number of carbonyl (C=O) groups excluding carboxylic acids is 1. The van der Waals surface area contributed by atoms with Gasteiger partial charge in [0.2, 0.25) is 0 Å². The number of aromatic nitrogens is 2. The average molecular weight is 269 g/mol. The van der Waals surface area contributed by atoms with Crippen molar-refractivity contribution in [3.63, 3.8) is 0 Å². The van der Waals surface area contributed by atoms with Gasteiger partial charge in [-0.05, 0) is 12.1 Å². The number of fused-ring (bicyclic) bond motifs is 1. The number of halogens is 1. The number of rotatable bonds is 3. The Kier molecular flexibility index (Phi) is 3.43. The molecule has 6 heteroatoms. The lowest BCUT2D eigenvalue weighted by molar-refractivity contribution is 0.0597. The first-order valence-corrected chi connectivity index (χ1v) is 5.84. The van der Waals surface area contributed by atoms with Crippen molar-refractivity contribution in [1.82, 2.24) is 9.55 Å². The van der Waals surface area contributed by atoms with Crippen molar-refractivity contribution in [2.24, 2.45) is 7.05 Å². The number of ether oxygens (including phenoxy) is 2. The molecule has 1 aromatic heterocycles. The molecular weight excluding hydrogens is 256 g/mol. The summed E-state index contributed by atoms with van der Waals surface area (Å²) in [5.41, 5.74) is 1.82. The van der Waals surface area contributed by atoms with Crippen molar-refractivity contribution in [3.05, 3.63) is 23.5 Å². The van der Waals surface area contributed by atoms with Gasteiger partial charge in [-0.1, -0.05) is 0 Å². The van der Waals surface area contributed by atoms with E-state index in [4.69, 9.17) is 21.1 Å². The van der Waals surface area contributed by atoms with E-state index in [-0.39, 0.29) is 0 Å². The van der Waals surface area contributed by atoms with Gasteiger partial charge < -0.3 is 14.0 Å². The second kappa shape index (κ2) is 4.86. The summed E-state index contributed by atoms with van der Waals surface area (Å²) in [6.07, 6.45) is 0. The molecule has 2 aromatic rings. The van der Waals surface area contributed by atoms with Crippen molar-refractivity contribution in [2.75, 3.05) is 14.2 Å². The average Bonchev–Trinajstić information content (AvgIpc) is 2.73. The quantitative estimate of drug-likeness (QED) is 0.632. The second-order valence-electron chi connectivity index (χ2n) is 3.73. The van der Waals surface area contributed by atoms with Crippen molar-refractivity contribution >= 4 is 28.6 Å². The molecule has 0 spiro atoms. The summed E-state index contributed by atoms with van der Waals surface area (Å²) >= 11 is 5.81. The Bertz CT molecular complexity index is 607. The molecule has 2 rings (SSSR count). The van der Waals surface area contributed by atoms with E-state index in [0.29, 0.717) is 28.5 Å². The number of hydrogen-bond acceptors (Lipinski definition) is 4. The number of carbonyl (C=O) groups is 1. The molecule has 0 fully saturated rings. The van der Waals surface area contributed by atoms with E-state index >= 15 is 0 Å². The zero-order valence-electron chi connectivity index (χ0n) is 10.4. The predicted octanol–water partition coefficient (Wildman–Crippen LogP) is 2.11. The van der Waals surface area contributed by atoms with Crippen LogP contribution in [0.3, 0.4) is 0 Å². The van der Waals surface area contributed by atoms with Crippen LogP contribution in [0.25, 0.3) is 11.0 Å². The van der Waals surface area contributed by atoms with E-state index in [1.54, 1.807) is 12.1 Å². The fourth-order valence-electron chi connectivity index (χ4n) is 1.88. The molecule has 0 bridgehead atoms. The normalized spacial score (nSPS) is 10.7. The molecule has 0 aliphatic rings. The molecule has 0 aliphatic heterocycles. The molecule has 0 amide bonds. The standard InChI is InChI=1S/C12H13ClN2O3/c1-15-8-5-4-7(12(16)18-3)11(17-2)10(8)14-9(15)6-13/h4-5H,6H2,1-3H3. The topological polar surface area (TPSA) is 53.3 Å². The summed E-state index contributed by atoms with van der Waals surface area (Å²) in [6, 6.07) is 3.46. The van der Waals surface area contributed by atoms with Gasteiger partial charge in [0, 0.05) is 7.05 Å². The molecule has 96 valence electrons. The predicted molar refractivity (Wildman–Crippen MR) is 68.2 cm³/mol. The Labute approximate surface area is 109 Å². The summed E-state index contributed by atoms with van der Waals surface area (Å²) in [5.74, 6) is 0.965. The Morgan fingerprint density at radius 1 is 1.44 bits per heavy atom. The lowest BCUT2D eigenvalue weighted by Crippen LogP contribution is -2.04. The Morgan fingerprint density at radius 3 is 2.72 bits per heavy atom. The third-order valence-electron chi connectivity index (χ3n) is 2.83. The maximum atomic E-state index is 11.6. The van der Waals surface area contributed by atoms with Crippen LogP contribution in [0.2, 0.25) is 0 Å². The van der Waals surface area contributed by atoms with Crippen molar-refractivity contribution in [2.45, 2.75) is 5.88 Å². The Hall–Kier alpha value is -1.75. The molecule has 0 aliphatic carbocycles. The molecule has 0 atom stereocenters. The lowest BCUT2D eigenvalue weighted by Gasteiger charge is -2.07. The minimum atomic E-state index is -0.452. The summed E-state index contributed by atoms with van der Waals surface area (Å²) in [5, 5.41) is 0. The number of esters is 1. The van der Waals surface area contributed by atoms with Crippen molar-refractivity contribution < 1.29 is 14.3 Å². The van der Waals surface area contributed by atoms with Crippen LogP contribution in [0.1, 0.15) is 16.2 Å². The number of nitrogens with zero attached hydrogens (tertiary/aromatic N) is 2. The number of aryl methyl sites for hydroxylation is 1. The molecule has 0 saturated carbocycles. The van der Waals surface area contributed by atoms with E-state index in [1.165, 1.54) is 14.2 Å². The highest BCUT2D eigenvalue weighted by Crippen LogP contribution is 2.30. The van der Waals surface area contributed by atoms with Gasteiger partial charge in [0.15, 0.2) is 5.75 Å². The van der Waals surface area contributed by atoms with Crippen LogP contribution < -0.4 is 4.74 Å². The van der Waals surface area contributed by atoms with Gasteiger partial charge in [0.05, 0.1) is 25.6 Å². The fourth-order valence-corrected chi connectivity index (χ4v) is 2.12. The number of hydrogen-bond donors (Lipinski definition) is 0. The van der Waals surface area contributed by atoms with E-state index in [9.17, 15) is 4.79 Å². The summed E-state index contributed by atoms with van der Waals surface area (Å²) in [4.78, 5) is 16.0. The summed E-state index contributed by atoms with van der Waals surface area (Å²) < 4.78 is 11.9. The van der Waals surface area contributed by atoms with E-state index < -0.39 is 5.97 Å². The number of benzene rings is 1. The first kappa shape index (κ1) is 12.7. The highest BCUT2D eigenvalue weighted by atomic mass is 35.5. The molecular formula is C12H13ClN2O3. The van der Waals surface area contributed by atoms with E-state index in [0.717, 1.165) is 5.52 Å². The van der Waals surface area contributed by atoms with Gasteiger partial charge in [-0.15, -0.1) is 11.6 Å². The van der Waals surface area contributed by atoms with Gasteiger partial charge in [-0.2, -0.15) is 0 Å². The molecule has 18 heavy (non-hydrogen) atoms. The maximum Gasteiger partial charge on any atom is 0.341 e. The van der Waals surface area contributed by atoms with Crippen LogP contribution in [0.15, 0.2) is 12.1 Å². The number of alkyl halides is 1. The highest BCUT2D eigenvalue weighted by Gasteiger charge is 2.19. The smallest absolute Gasteiger partial charge is 0.341 e. The highest BCUT2D eigenvalue weighted by molar-refractivity contribution is 6.17. The van der Waals surface area contributed by atoms with Crippen molar-refractivity contribution in [1.29, 1.82) is 0 Å². The van der Waals surface area contributed by atoms with Crippen molar-refractivity contribution in [3.8, 4) is 5.75 Å². The van der Waals surface area contributed by atoms with E-state index in [1.807, 2.05) is 11.6 Å². The SMILES string of the molecule is COC(=O)c1ccc2c(nc(CCl)n2C)c1OC. The molecule has 0 N–H and O–H groups in total. The van der Waals surface area contributed by atoms with Gasteiger partial charge in [0.1, 0.15) is 16.9 Å².